The zero-order valence-electron chi connectivity index (χ0n) is 14.5. The molecule has 0 unspecified atom stereocenters. The Bertz CT molecular complexity index is 1130. The van der Waals surface area contributed by atoms with Crippen LogP contribution in [0.4, 0.5) is 0 Å². The monoisotopic (exact) mass is 448 g/mol. The van der Waals surface area contributed by atoms with Crippen molar-refractivity contribution in [2.75, 3.05) is 6.61 Å². The molecule has 1 saturated heterocycles. The lowest BCUT2D eigenvalue weighted by Gasteiger charge is -2.23. The molecule has 0 saturated carbocycles. The predicted molar refractivity (Wildman–Crippen MR) is 104 cm³/mol. The molecule has 0 aliphatic carbocycles. The van der Waals surface area contributed by atoms with E-state index in [2.05, 4.69) is 20.9 Å². The molecule has 8 nitrogen and oxygen atoms in total. The second-order valence-corrected chi connectivity index (χ2v) is 7.41. The fraction of sp³-hybridized carbons (Fsp3) is 0.263. The first-order valence-corrected chi connectivity index (χ1v) is 9.37. The summed E-state index contributed by atoms with van der Waals surface area (Å²) in [5, 5.41) is 22.0. The number of nitrogens with one attached hydrogen (secondary N) is 1. The van der Waals surface area contributed by atoms with E-state index in [0.717, 1.165) is 19.8 Å². The fourth-order valence-corrected chi connectivity index (χ4v) is 3.65. The average Bonchev–Trinajstić information content (AvgIpc) is 2.97. The normalized spacial score (nSPS) is 24.5. The average molecular weight is 449 g/mol. The van der Waals surface area contributed by atoms with Crippen molar-refractivity contribution in [2.24, 2.45) is 0 Å². The highest BCUT2D eigenvalue weighted by molar-refractivity contribution is 9.10. The molecule has 1 aliphatic heterocycles. The number of halogens is 1. The number of hydrogen-bond donors (Lipinski definition) is 3. The number of nitrogens with zero attached hydrogens (tertiary/aromatic N) is 1. The van der Waals surface area contributed by atoms with E-state index in [-0.39, 0.29) is 0 Å². The molecule has 28 heavy (non-hydrogen) atoms. The lowest BCUT2D eigenvalue weighted by Crippen LogP contribution is -2.41. The molecule has 1 fully saturated rings. The summed E-state index contributed by atoms with van der Waals surface area (Å²) >= 11 is 3.43. The van der Waals surface area contributed by atoms with Crippen molar-refractivity contribution >= 4 is 26.7 Å². The van der Waals surface area contributed by atoms with Crippen molar-refractivity contribution in [1.82, 2.24) is 9.55 Å². The third kappa shape index (κ3) is 3.49. The van der Waals surface area contributed by atoms with Crippen LogP contribution >= 0.6 is 15.9 Å². The number of aromatic amines is 1. The van der Waals surface area contributed by atoms with Crippen LogP contribution in [0.5, 0.6) is 5.75 Å². The van der Waals surface area contributed by atoms with Crippen LogP contribution in [0.2, 0.25) is 0 Å². The van der Waals surface area contributed by atoms with Crippen LogP contribution in [-0.2, 0) is 4.74 Å². The standard InChI is InChI=1S/C19H17BrN2O6/c20-12-3-1-11-8-13(4-2-10(11)7-12)27-17-16(25)14(9-23)28-18(17)22-6-5-15(24)21-19(22)26/h1-8,14,16-18,23,25H,9H2,(H,21,24,26)/t14-,16-,17-,18-/m1/s1. The molecular formula is C19H17BrN2O6. The maximum atomic E-state index is 12.2. The summed E-state index contributed by atoms with van der Waals surface area (Å²) in [6, 6.07) is 12.4. The zero-order chi connectivity index (χ0) is 19.8. The Morgan fingerprint density at radius 1 is 1.14 bits per heavy atom. The third-order valence-corrected chi connectivity index (χ3v) is 5.16. The van der Waals surface area contributed by atoms with E-state index in [9.17, 15) is 19.8 Å². The first-order valence-electron chi connectivity index (χ1n) is 8.58. The fourth-order valence-electron chi connectivity index (χ4n) is 3.27. The highest BCUT2D eigenvalue weighted by Crippen LogP contribution is 2.33. The van der Waals surface area contributed by atoms with E-state index in [4.69, 9.17) is 9.47 Å². The number of benzene rings is 2. The molecule has 0 radical (unpaired) electrons. The number of fused-ring (bicyclic) bond motifs is 1. The summed E-state index contributed by atoms with van der Waals surface area (Å²) in [6.07, 6.45) is -2.81. The van der Waals surface area contributed by atoms with Gasteiger partial charge < -0.3 is 19.7 Å². The topological polar surface area (TPSA) is 114 Å². The number of hydrogen-bond acceptors (Lipinski definition) is 6. The van der Waals surface area contributed by atoms with Crippen LogP contribution in [0, 0.1) is 0 Å². The summed E-state index contributed by atoms with van der Waals surface area (Å²) in [4.78, 5) is 25.6. The number of ether oxygens (including phenoxy) is 2. The van der Waals surface area contributed by atoms with Crippen LogP contribution in [0.25, 0.3) is 10.8 Å². The SMILES string of the molecule is O=c1ccn([C@@H]2O[C@H](CO)[C@@H](O)[C@H]2Oc2ccc3cc(Br)ccc3c2)c(=O)[nH]1. The first kappa shape index (κ1) is 18.9. The lowest BCUT2D eigenvalue weighted by molar-refractivity contribution is -0.0523. The molecule has 9 heteroatoms. The van der Waals surface area contributed by atoms with E-state index in [1.54, 1.807) is 6.07 Å². The van der Waals surface area contributed by atoms with E-state index >= 15 is 0 Å². The van der Waals surface area contributed by atoms with Gasteiger partial charge in [-0.25, -0.2) is 4.79 Å². The Morgan fingerprint density at radius 2 is 1.89 bits per heavy atom. The molecule has 0 amide bonds. The van der Waals surface area contributed by atoms with Gasteiger partial charge in [-0.1, -0.05) is 28.1 Å². The molecule has 3 N–H and O–H groups in total. The van der Waals surface area contributed by atoms with Gasteiger partial charge in [-0.3, -0.25) is 14.3 Å². The Kier molecular flexibility index (Phi) is 5.07. The van der Waals surface area contributed by atoms with Crippen LogP contribution in [0.3, 0.4) is 0 Å². The molecule has 4 rings (SSSR count). The molecule has 1 aliphatic rings. The van der Waals surface area contributed by atoms with Crippen molar-refractivity contribution in [1.29, 1.82) is 0 Å². The lowest BCUT2D eigenvalue weighted by atomic mass is 10.1. The first-order chi connectivity index (χ1) is 13.5. The minimum atomic E-state index is -1.17. The summed E-state index contributed by atoms with van der Waals surface area (Å²) in [5.41, 5.74) is -1.24. The minimum absolute atomic E-state index is 0.443. The Labute approximate surface area is 167 Å². The third-order valence-electron chi connectivity index (χ3n) is 4.66. The summed E-state index contributed by atoms with van der Waals surface area (Å²) in [7, 11) is 0. The number of aliphatic hydroxyl groups excluding tert-OH is 2. The van der Waals surface area contributed by atoms with Gasteiger partial charge in [0.2, 0.25) is 0 Å². The smallest absolute Gasteiger partial charge is 0.330 e. The molecule has 0 spiro atoms. The van der Waals surface area contributed by atoms with E-state index in [1.165, 1.54) is 12.3 Å². The van der Waals surface area contributed by atoms with Gasteiger partial charge >= 0.3 is 5.69 Å². The number of aromatic nitrogens is 2. The highest BCUT2D eigenvalue weighted by Gasteiger charge is 2.46. The van der Waals surface area contributed by atoms with E-state index in [0.29, 0.717) is 5.75 Å². The number of aliphatic hydroxyl groups is 2. The van der Waals surface area contributed by atoms with Crippen molar-refractivity contribution in [3.63, 3.8) is 0 Å². The Morgan fingerprint density at radius 3 is 2.64 bits per heavy atom. The maximum absolute atomic E-state index is 12.2. The van der Waals surface area contributed by atoms with E-state index in [1.807, 2.05) is 30.3 Å². The molecular weight excluding hydrogens is 432 g/mol. The number of H-pyrrole nitrogens is 1. The zero-order valence-corrected chi connectivity index (χ0v) is 16.1. The maximum Gasteiger partial charge on any atom is 0.330 e. The van der Waals surface area contributed by atoms with Crippen LogP contribution in [0.15, 0.2) is 62.7 Å². The Balaban J connectivity index is 1.69. The summed E-state index contributed by atoms with van der Waals surface area (Å²) in [5.74, 6) is 0.475. The predicted octanol–water partition coefficient (Wildman–Crippen LogP) is 1.15. The van der Waals surface area contributed by atoms with Crippen LogP contribution < -0.4 is 16.0 Å². The molecule has 0 bridgehead atoms. The Hall–Kier alpha value is -2.46. The van der Waals surface area contributed by atoms with Gasteiger partial charge in [0.25, 0.3) is 5.56 Å². The second-order valence-electron chi connectivity index (χ2n) is 6.49. The minimum Gasteiger partial charge on any atom is -0.483 e. The quantitative estimate of drug-likeness (QED) is 0.551. The van der Waals surface area contributed by atoms with Gasteiger partial charge in [0.15, 0.2) is 12.3 Å². The second kappa shape index (κ2) is 7.51. The largest absolute Gasteiger partial charge is 0.483 e. The summed E-state index contributed by atoms with van der Waals surface area (Å²) in [6.45, 7) is -0.443. The molecule has 2 heterocycles. The molecule has 4 atom stereocenters. The molecule has 2 aromatic carbocycles. The molecule has 3 aromatic rings. The van der Waals surface area contributed by atoms with Crippen LogP contribution in [0.1, 0.15) is 6.23 Å². The molecule has 146 valence electrons. The number of rotatable bonds is 4. The van der Waals surface area contributed by atoms with Gasteiger partial charge in [-0.05, 0) is 35.0 Å². The van der Waals surface area contributed by atoms with Gasteiger partial charge in [0.05, 0.1) is 6.61 Å². The van der Waals surface area contributed by atoms with Crippen LogP contribution in [-0.4, -0.2) is 44.7 Å². The van der Waals surface area contributed by atoms with Gasteiger partial charge in [-0.2, -0.15) is 0 Å². The summed E-state index contributed by atoms with van der Waals surface area (Å²) < 4.78 is 13.7. The van der Waals surface area contributed by atoms with Gasteiger partial charge in [-0.15, -0.1) is 0 Å². The highest BCUT2D eigenvalue weighted by atomic mass is 79.9. The van der Waals surface area contributed by atoms with Gasteiger partial charge in [0.1, 0.15) is 18.0 Å². The van der Waals surface area contributed by atoms with Crippen molar-refractivity contribution < 1.29 is 19.7 Å². The van der Waals surface area contributed by atoms with Crippen molar-refractivity contribution in [3.8, 4) is 5.75 Å². The van der Waals surface area contributed by atoms with Crippen molar-refractivity contribution in [3.05, 3.63) is 74.0 Å². The van der Waals surface area contributed by atoms with Crippen molar-refractivity contribution in [2.45, 2.75) is 24.5 Å². The van der Waals surface area contributed by atoms with Gasteiger partial charge in [0, 0.05) is 16.7 Å². The molecule has 1 aromatic heterocycles. The van der Waals surface area contributed by atoms with E-state index < -0.39 is 42.4 Å².